The van der Waals surface area contributed by atoms with E-state index in [4.69, 9.17) is 0 Å². The van der Waals surface area contributed by atoms with Gasteiger partial charge < -0.3 is 15.5 Å². The number of carbonyl (C=O) groups is 4. The van der Waals surface area contributed by atoms with E-state index in [0.29, 0.717) is 32.5 Å². The zero-order valence-corrected chi connectivity index (χ0v) is 17.9. The molecule has 8 heteroatoms. The third kappa shape index (κ3) is 4.96. The molecule has 2 aromatic carbocycles. The molecule has 0 aromatic heterocycles. The molecule has 3 N–H and O–H groups in total. The molecule has 166 valence electrons. The van der Waals surface area contributed by atoms with Crippen LogP contribution >= 0.6 is 0 Å². The molecule has 0 radical (unpaired) electrons. The number of fused-ring (bicyclic) bond motifs is 1. The Balaban J connectivity index is 1.33. The third-order valence-corrected chi connectivity index (χ3v) is 5.84. The van der Waals surface area contributed by atoms with Crippen molar-refractivity contribution in [3.8, 4) is 0 Å². The van der Waals surface area contributed by atoms with Crippen LogP contribution in [0.15, 0.2) is 42.5 Å². The summed E-state index contributed by atoms with van der Waals surface area (Å²) in [6.45, 7) is 3.19. The van der Waals surface area contributed by atoms with E-state index in [1.165, 1.54) is 0 Å². The SMILES string of the molecule is Cc1ccc(NC(=O)NCc2ccc3c(c2)CN(C(=O)[C@H]2CCCC(=O)NC2=O)C3)cc1. The minimum Gasteiger partial charge on any atom is -0.334 e. The van der Waals surface area contributed by atoms with E-state index >= 15 is 0 Å². The number of anilines is 1. The lowest BCUT2D eigenvalue weighted by atomic mass is 10.0. The summed E-state index contributed by atoms with van der Waals surface area (Å²) in [4.78, 5) is 50.5. The second kappa shape index (κ2) is 9.21. The van der Waals surface area contributed by atoms with Gasteiger partial charge in [0.1, 0.15) is 5.92 Å². The van der Waals surface area contributed by atoms with Crippen LogP contribution in [-0.4, -0.2) is 28.7 Å². The van der Waals surface area contributed by atoms with Crippen molar-refractivity contribution in [2.24, 2.45) is 5.92 Å². The number of hydrogen-bond acceptors (Lipinski definition) is 4. The highest BCUT2D eigenvalue weighted by Crippen LogP contribution is 2.27. The predicted molar refractivity (Wildman–Crippen MR) is 118 cm³/mol. The summed E-state index contributed by atoms with van der Waals surface area (Å²) in [7, 11) is 0. The Hall–Kier alpha value is -3.68. The van der Waals surface area contributed by atoms with Gasteiger partial charge in [-0.2, -0.15) is 0 Å². The Kier molecular flexibility index (Phi) is 6.20. The smallest absolute Gasteiger partial charge is 0.319 e. The Morgan fingerprint density at radius 1 is 1.06 bits per heavy atom. The molecule has 1 saturated heterocycles. The Bertz CT molecular complexity index is 1060. The maximum absolute atomic E-state index is 12.9. The van der Waals surface area contributed by atoms with Gasteiger partial charge in [-0.3, -0.25) is 19.7 Å². The highest BCUT2D eigenvalue weighted by molar-refractivity contribution is 6.07. The van der Waals surface area contributed by atoms with Crippen molar-refractivity contribution < 1.29 is 19.2 Å². The van der Waals surface area contributed by atoms with Crippen molar-refractivity contribution in [1.82, 2.24) is 15.5 Å². The summed E-state index contributed by atoms with van der Waals surface area (Å²) >= 11 is 0. The van der Waals surface area contributed by atoms with E-state index in [9.17, 15) is 19.2 Å². The van der Waals surface area contributed by atoms with Gasteiger partial charge in [-0.05, 0) is 48.6 Å². The van der Waals surface area contributed by atoms with Crippen LogP contribution in [0.1, 0.15) is 41.5 Å². The summed E-state index contributed by atoms with van der Waals surface area (Å²) in [5.74, 6) is -1.88. The molecule has 0 unspecified atom stereocenters. The summed E-state index contributed by atoms with van der Waals surface area (Å²) in [5, 5.41) is 7.94. The first-order valence-corrected chi connectivity index (χ1v) is 10.7. The first-order chi connectivity index (χ1) is 15.4. The lowest BCUT2D eigenvalue weighted by Gasteiger charge is -2.20. The molecule has 2 aromatic rings. The third-order valence-electron chi connectivity index (χ3n) is 5.84. The van der Waals surface area contributed by atoms with Gasteiger partial charge in [-0.1, -0.05) is 35.9 Å². The lowest BCUT2D eigenvalue weighted by Crippen LogP contribution is -2.42. The number of benzene rings is 2. The molecule has 1 atom stereocenters. The predicted octanol–water partition coefficient (Wildman–Crippen LogP) is 2.60. The number of rotatable bonds is 4. The first kappa shape index (κ1) is 21.5. The van der Waals surface area contributed by atoms with Gasteiger partial charge in [0, 0.05) is 31.7 Å². The van der Waals surface area contributed by atoms with Crippen molar-refractivity contribution in [1.29, 1.82) is 0 Å². The van der Waals surface area contributed by atoms with E-state index in [-0.39, 0.29) is 24.3 Å². The molecule has 5 amide bonds. The van der Waals surface area contributed by atoms with Crippen molar-refractivity contribution in [3.05, 3.63) is 64.7 Å². The van der Waals surface area contributed by atoms with Crippen molar-refractivity contribution in [2.45, 2.75) is 45.8 Å². The average Bonchev–Trinajstić information content (AvgIpc) is 3.12. The van der Waals surface area contributed by atoms with Crippen molar-refractivity contribution >= 4 is 29.4 Å². The van der Waals surface area contributed by atoms with Crippen LogP contribution in [0.25, 0.3) is 0 Å². The number of nitrogens with one attached hydrogen (secondary N) is 3. The highest BCUT2D eigenvalue weighted by atomic mass is 16.2. The molecule has 2 aliphatic rings. The summed E-state index contributed by atoms with van der Waals surface area (Å²) < 4.78 is 0. The van der Waals surface area contributed by atoms with E-state index in [1.54, 1.807) is 4.90 Å². The molecule has 0 spiro atoms. The van der Waals surface area contributed by atoms with Gasteiger partial charge in [0.2, 0.25) is 17.7 Å². The number of amides is 5. The van der Waals surface area contributed by atoms with Crippen LogP contribution in [0.4, 0.5) is 10.5 Å². The van der Waals surface area contributed by atoms with Crippen LogP contribution in [0.3, 0.4) is 0 Å². The molecule has 0 aliphatic carbocycles. The van der Waals surface area contributed by atoms with Gasteiger partial charge in [0.15, 0.2) is 0 Å². The lowest BCUT2D eigenvalue weighted by molar-refractivity contribution is -0.143. The standard InChI is InChI=1S/C24H26N4O4/c1-15-5-9-19(10-6-15)26-24(32)25-12-16-7-8-17-13-28(14-18(17)11-16)23(31)20-3-2-4-21(29)27-22(20)30/h5-11,20H,2-4,12-14H2,1H3,(H2,25,26,32)(H,27,29,30)/t20-/m0/s1. The van der Waals surface area contributed by atoms with E-state index in [1.807, 2.05) is 49.4 Å². The summed E-state index contributed by atoms with van der Waals surface area (Å²) in [5.41, 5.74) is 4.79. The molecule has 4 rings (SSSR count). The molecule has 1 fully saturated rings. The fourth-order valence-electron chi connectivity index (χ4n) is 4.05. The number of imide groups is 1. The maximum Gasteiger partial charge on any atom is 0.319 e. The van der Waals surface area contributed by atoms with Crippen molar-refractivity contribution in [3.63, 3.8) is 0 Å². The average molecular weight is 434 g/mol. The monoisotopic (exact) mass is 434 g/mol. The number of hydrogen-bond donors (Lipinski definition) is 3. The largest absolute Gasteiger partial charge is 0.334 e. The second-order valence-electron chi connectivity index (χ2n) is 8.33. The van der Waals surface area contributed by atoms with E-state index < -0.39 is 11.8 Å². The van der Waals surface area contributed by atoms with Gasteiger partial charge in [-0.25, -0.2) is 4.79 Å². The minimum absolute atomic E-state index is 0.245. The molecule has 0 saturated carbocycles. The molecular formula is C24H26N4O4. The Morgan fingerprint density at radius 3 is 2.59 bits per heavy atom. The van der Waals surface area contributed by atoms with Crippen LogP contribution < -0.4 is 16.0 Å². The summed E-state index contributed by atoms with van der Waals surface area (Å²) in [6.07, 6.45) is 1.17. The molecular weight excluding hydrogens is 408 g/mol. The van der Waals surface area contributed by atoms with Crippen LogP contribution in [0, 0.1) is 12.8 Å². The molecule has 0 bridgehead atoms. The van der Waals surface area contributed by atoms with Crippen LogP contribution in [-0.2, 0) is 34.0 Å². The highest BCUT2D eigenvalue weighted by Gasteiger charge is 2.35. The fraction of sp³-hybridized carbons (Fsp3) is 0.333. The Labute approximate surface area is 186 Å². The molecule has 8 nitrogen and oxygen atoms in total. The molecule has 2 aliphatic heterocycles. The van der Waals surface area contributed by atoms with E-state index in [0.717, 1.165) is 27.9 Å². The number of nitrogens with zero attached hydrogens (tertiary/aromatic N) is 1. The molecule has 2 heterocycles. The minimum atomic E-state index is -0.817. The van der Waals surface area contributed by atoms with Crippen LogP contribution in [0.2, 0.25) is 0 Å². The quantitative estimate of drug-likeness (QED) is 0.508. The van der Waals surface area contributed by atoms with Gasteiger partial charge in [0.05, 0.1) is 0 Å². The zero-order valence-electron chi connectivity index (χ0n) is 17.9. The van der Waals surface area contributed by atoms with E-state index in [2.05, 4.69) is 16.0 Å². The van der Waals surface area contributed by atoms with Gasteiger partial charge in [0.25, 0.3) is 0 Å². The second-order valence-corrected chi connectivity index (χ2v) is 8.33. The first-order valence-electron chi connectivity index (χ1n) is 10.7. The number of urea groups is 1. The van der Waals surface area contributed by atoms with Gasteiger partial charge >= 0.3 is 6.03 Å². The van der Waals surface area contributed by atoms with Gasteiger partial charge in [-0.15, -0.1) is 0 Å². The number of carbonyl (C=O) groups excluding carboxylic acids is 4. The zero-order chi connectivity index (χ0) is 22.7. The summed E-state index contributed by atoms with van der Waals surface area (Å²) in [6, 6.07) is 13.1. The number of aryl methyl sites for hydroxylation is 1. The topological polar surface area (TPSA) is 108 Å². The van der Waals surface area contributed by atoms with Crippen molar-refractivity contribution in [2.75, 3.05) is 5.32 Å². The maximum atomic E-state index is 12.9. The Morgan fingerprint density at radius 2 is 1.81 bits per heavy atom. The fourth-order valence-corrected chi connectivity index (χ4v) is 4.05. The normalized spacial score (nSPS) is 17.9. The van der Waals surface area contributed by atoms with Crippen LogP contribution in [0.5, 0.6) is 0 Å². The molecule has 32 heavy (non-hydrogen) atoms.